The van der Waals surface area contributed by atoms with Gasteiger partial charge >= 0.3 is 0 Å². The Morgan fingerprint density at radius 3 is 2.39 bits per heavy atom. The number of rotatable bonds is 1. The molecule has 3 nitrogen and oxygen atoms in total. The molecule has 1 aliphatic heterocycles. The second-order valence-electron chi connectivity index (χ2n) is 6.24. The van der Waals surface area contributed by atoms with Gasteiger partial charge in [-0.25, -0.2) is 9.97 Å². The van der Waals surface area contributed by atoms with Crippen LogP contribution < -0.4 is 4.90 Å². The van der Waals surface area contributed by atoms with Crippen LogP contribution in [0.1, 0.15) is 39.2 Å². The van der Waals surface area contributed by atoms with Gasteiger partial charge in [-0.15, -0.1) is 0 Å². The van der Waals surface area contributed by atoms with E-state index in [0.717, 1.165) is 30.4 Å². The summed E-state index contributed by atoms with van der Waals surface area (Å²) in [5, 5.41) is 0.568. The second kappa shape index (κ2) is 5.04. The minimum absolute atomic E-state index is 0.407. The summed E-state index contributed by atoms with van der Waals surface area (Å²) in [7, 11) is 0. The van der Waals surface area contributed by atoms with E-state index >= 15 is 0 Å². The molecule has 0 radical (unpaired) electrons. The zero-order chi connectivity index (χ0) is 13.3. The van der Waals surface area contributed by atoms with Crippen molar-refractivity contribution in [3.63, 3.8) is 0 Å². The highest BCUT2D eigenvalue weighted by Gasteiger charge is 2.29. The highest BCUT2D eigenvalue weighted by molar-refractivity contribution is 6.30. The maximum Gasteiger partial charge on any atom is 0.137 e. The van der Waals surface area contributed by atoms with Crippen LogP contribution in [0.4, 0.5) is 5.82 Å². The first-order chi connectivity index (χ1) is 8.39. The summed E-state index contributed by atoms with van der Waals surface area (Å²) in [4.78, 5) is 10.7. The SMILES string of the molecule is Cc1c(Cl)ncnc1N1CCC(C(C)(C)C)CC1. The monoisotopic (exact) mass is 267 g/mol. The lowest BCUT2D eigenvalue weighted by Gasteiger charge is -2.39. The van der Waals surface area contributed by atoms with Gasteiger partial charge in [-0.05, 0) is 31.1 Å². The van der Waals surface area contributed by atoms with Crippen molar-refractivity contribution in [2.75, 3.05) is 18.0 Å². The summed E-state index contributed by atoms with van der Waals surface area (Å²) in [6.45, 7) is 11.1. The first kappa shape index (κ1) is 13.6. The van der Waals surface area contributed by atoms with Gasteiger partial charge in [-0.2, -0.15) is 0 Å². The van der Waals surface area contributed by atoms with Crippen LogP contribution in [0.2, 0.25) is 5.15 Å². The Morgan fingerprint density at radius 2 is 1.83 bits per heavy atom. The summed E-state index contributed by atoms with van der Waals surface area (Å²) in [5.41, 5.74) is 1.40. The molecule has 0 atom stereocenters. The van der Waals surface area contributed by atoms with Crippen molar-refractivity contribution in [3.8, 4) is 0 Å². The van der Waals surface area contributed by atoms with Crippen molar-refractivity contribution in [1.82, 2.24) is 9.97 Å². The third-order valence-corrected chi connectivity index (χ3v) is 4.40. The molecule has 1 aromatic rings. The fourth-order valence-corrected chi connectivity index (χ4v) is 2.82. The van der Waals surface area contributed by atoms with Crippen LogP contribution in [0, 0.1) is 18.3 Å². The fourth-order valence-electron chi connectivity index (χ4n) is 2.70. The van der Waals surface area contributed by atoms with E-state index in [-0.39, 0.29) is 0 Å². The number of nitrogens with zero attached hydrogens (tertiary/aromatic N) is 3. The maximum absolute atomic E-state index is 6.06. The number of hydrogen-bond donors (Lipinski definition) is 0. The van der Waals surface area contributed by atoms with Crippen LogP contribution in [0.25, 0.3) is 0 Å². The van der Waals surface area contributed by atoms with Crippen molar-refractivity contribution in [3.05, 3.63) is 17.0 Å². The molecule has 0 spiro atoms. The number of piperidine rings is 1. The van der Waals surface area contributed by atoms with Gasteiger partial charge in [0.05, 0.1) is 0 Å². The Kier molecular flexibility index (Phi) is 3.81. The topological polar surface area (TPSA) is 29.0 Å². The van der Waals surface area contributed by atoms with Crippen molar-refractivity contribution in [1.29, 1.82) is 0 Å². The molecular weight excluding hydrogens is 246 g/mol. The van der Waals surface area contributed by atoms with Crippen molar-refractivity contribution < 1.29 is 0 Å². The van der Waals surface area contributed by atoms with Gasteiger partial charge in [0.25, 0.3) is 0 Å². The number of aromatic nitrogens is 2. The molecule has 0 N–H and O–H groups in total. The first-order valence-electron chi connectivity index (χ1n) is 6.61. The standard InChI is InChI=1S/C14H22ClN3/c1-10-12(15)16-9-17-13(10)18-7-5-11(6-8-18)14(2,3)4/h9,11H,5-8H2,1-4H3. The molecule has 4 heteroatoms. The van der Waals surface area contributed by atoms with Gasteiger partial charge in [-0.1, -0.05) is 32.4 Å². The minimum Gasteiger partial charge on any atom is -0.356 e. The Morgan fingerprint density at radius 1 is 1.22 bits per heavy atom. The van der Waals surface area contributed by atoms with E-state index in [1.165, 1.54) is 12.8 Å². The lowest BCUT2D eigenvalue weighted by atomic mass is 9.75. The van der Waals surface area contributed by atoms with Crippen molar-refractivity contribution >= 4 is 17.4 Å². The summed E-state index contributed by atoms with van der Waals surface area (Å²) in [6, 6.07) is 0. The van der Waals surface area contributed by atoms with E-state index in [9.17, 15) is 0 Å². The molecule has 100 valence electrons. The highest BCUT2D eigenvalue weighted by Crippen LogP contribution is 2.36. The van der Waals surface area contributed by atoms with Crippen LogP contribution in [0.3, 0.4) is 0 Å². The maximum atomic E-state index is 6.06. The smallest absolute Gasteiger partial charge is 0.137 e. The third kappa shape index (κ3) is 2.77. The molecular formula is C14H22ClN3. The van der Waals surface area contributed by atoms with E-state index in [2.05, 4.69) is 35.6 Å². The zero-order valence-corrected chi connectivity index (χ0v) is 12.5. The zero-order valence-electron chi connectivity index (χ0n) is 11.7. The number of hydrogen-bond acceptors (Lipinski definition) is 3. The van der Waals surface area contributed by atoms with Crippen LogP contribution in [0.15, 0.2) is 6.33 Å². The first-order valence-corrected chi connectivity index (χ1v) is 6.99. The summed E-state index contributed by atoms with van der Waals surface area (Å²) < 4.78 is 0. The molecule has 1 saturated heterocycles. The molecule has 2 heterocycles. The predicted octanol–water partition coefficient (Wildman–Crippen LogP) is 3.70. The molecule has 0 aromatic carbocycles. The van der Waals surface area contributed by atoms with Crippen LogP contribution in [0.5, 0.6) is 0 Å². The summed E-state index contributed by atoms with van der Waals surface area (Å²) >= 11 is 6.06. The summed E-state index contributed by atoms with van der Waals surface area (Å²) in [5.74, 6) is 1.80. The molecule has 1 aliphatic rings. The Balaban J connectivity index is 2.08. The fraction of sp³-hybridized carbons (Fsp3) is 0.714. The van der Waals surface area contributed by atoms with Crippen LogP contribution >= 0.6 is 11.6 Å². The molecule has 1 aromatic heterocycles. The average molecular weight is 268 g/mol. The van der Waals surface area contributed by atoms with E-state index < -0.39 is 0 Å². The average Bonchev–Trinajstić information content (AvgIpc) is 2.32. The molecule has 2 rings (SSSR count). The number of halogens is 1. The Hall–Kier alpha value is -0.830. The molecule has 0 saturated carbocycles. The lowest BCUT2D eigenvalue weighted by Crippen LogP contribution is -2.38. The van der Waals surface area contributed by atoms with E-state index in [1.807, 2.05) is 6.92 Å². The van der Waals surface area contributed by atoms with Crippen LogP contribution in [-0.2, 0) is 0 Å². The molecule has 0 bridgehead atoms. The minimum atomic E-state index is 0.407. The van der Waals surface area contributed by atoms with Crippen molar-refractivity contribution in [2.45, 2.75) is 40.5 Å². The van der Waals surface area contributed by atoms with Gasteiger partial charge in [-0.3, -0.25) is 0 Å². The van der Waals surface area contributed by atoms with Gasteiger partial charge in [0, 0.05) is 18.7 Å². The van der Waals surface area contributed by atoms with Crippen LogP contribution in [-0.4, -0.2) is 23.1 Å². The molecule has 18 heavy (non-hydrogen) atoms. The lowest BCUT2D eigenvalue weighted by molar-refractivity contribution is 0.198. The van der Waals surface area contributed by atoms with Gasteiger partial charge in [0.2, 0.25) is 0 Å². The third-order valence-electron chi connectivity index (χ3n) is 4.02. The van der Waals surface area contributed by atoms with E-state index in [4.69, 9.17) is 11.6 Å². The molecule has 0 aliphatic carbocycles. The quantitative estimate of drug-likeness (QED) is 0.727. The van der Waals surface area contributed by atoms with Gasteiger partial charge < -0.3 is 4.90 Å². The molecule has 0 amide bonds. The van der Waals surface area contributed by atoms with Gasteiger partial charge in [0.1, 0.15) is 17.3 Å². The Labute approximate surface area is 115 Å². The number of anilines is 1. The Bertz CT molecular complexity index is 418. The second-order valence-corrected chi connectivity index (χ2v) is 6.60. The largest absolute Gasteiger partial charge is 0.356 e. The van der Waals surface area contributed by atoms with E-state index in [0.29, 0.717) is 10.6 Å². The van der Waals surface area contributed by atoms with E-state index in [1.54, 1.807) is 6.33 Å². The van der Waals surface area contributed by atoms with Gasteiger partial charge in [0.15, 0.2) is 0 Å². The predicted molar refractivity (Wildman–Crippen MR) is 76.2 cm³/mol. The summed E-state index contributed by atoms with van der Waals surface area (Å²) in [6.07, 6.45) is 4.01. The molecule has 0 unspecified atom stereocenters. The van der Waals surface area contributed by atoms with Crippen molar-refractivity contribution in [2.24, 2.45) is 11.3 Å². The normalized spacial score (nSPS) is 18.2. The molecule has 1 fully saturated rings. The highest BCUT2D eigenvalue weighted by atomic mass is 35.5.